The molecule has 2 aromatic rings. The molecule has 1 unspecified atom stereocenters. The van der Waals surface area contributed by atoms with Crippen molar-refractivity contribution in [2.45, 2.75) is 37.2 Å². The summed E-state index contributed by atoms with van der Waals surface area (Å²) in [6.45, 7) is 4.00. The van der Waals surface area contributed by atoms with Gasteiger partial charge in [0, 0.05) is 0 Å². The van der Waals surface area contributed by atoms with Crippen LogP contribution in [0.2, 0.25) is 0 Å². The first-order valence-corrected chi connectivity index (χ1v) is 10.3. The molecular formula is C19H22FN3O4S. The molecule has 0 radical (unpaired) electrons. The summed E-state index contributed by atoms with van der Waals surface area (Å²) in [5, 5.41) is 15.7. The van der Waals surface area contributed by atoms with Gasteiger partial charge in [-0.1, -0.05) is 13.8 Å². The molecule has 7 nitrogen and oxygen atoms in total. The van der Waals surface area contributed by atoms with Gasteiger partial charge in [0.1, 0.15) is 11.5 Å². The summed E-state index contributed by atoms with van der Waals surface area (Å²) < 4.78 is 40.5. The molecule has 9 heteroatoms. The van der Waals surface area contributed by atoms with E-state index < -0.39 is 27.5 Å². The molecule has 0 saturated heterocycles. The third kappa shape index (κ3) is 4.36. The number of nitrogens with one attached hydrogen (secondary N) is 3. The zero-order valence-electron chi connectivity index (χ0n) is 15.5. The van der Waals surface area contributed by atoms with E-state index in [9.17, 15) is 22.7 Å². The van der Waals surface area contributed by atoms with Crippen molar-refractivity contribution < 1.29 is 22.7 Å². The van der Waals surface area contributed by atoms with Gasteiger partial charge in [-0.15, -0.1) is 0 Å². The highest BCUT2D eigenvalue weighted by atomic mass is 32.2. The SMILES string of the molecule is CC(C)CC1(CC(=O)O)Nc2ccc(NS(=O)(=O)c3ccc(F)cc3)cc2N1. The molecule has 0 fully saturated rings. The first-order valence-electron chi connectivity index (χ1n) is 8.79. The van der Waals surface area contributed by atoms with Crippen LogP contribution >= 0.6 is 0 Å². The average molecular weight is 407 g/mol. The summed E-state index contributed by atoms with van der Waals surface area (Å²) in [7, 11) is -3.87. The van der Waals surface area contributed by atoms with Gasteiger partial charge < -0.3 is 15.7 Å². The van der Waals surface area contributed by atoms with Crippen LogP contribution in [0.3, 0.4) is 0 Å². The average Bonchev–Trinajstić information content (AvgIpc) is 2.89. The van der Waals surface area contributed by atoms with E-state index in [1.165, 1.54) is 12.1 Å². The van der Waals surface area contributed by atoms with Gasteiger partial charge in [-0.3, -0.25) is 9.52 Å². The molecule has 4 N–H and O–H groups in total. The molecule has 0 bridgehead atoms. The molecule has 0 amide bonds. The Bertz CT molecular complexity index is 993. The van der Waals surface area contributed by atoms with Crippen LogP contribution in [0.25, 0.3) is 0 Å². The number of halogens is 1. The Kier molecular flexibility index (Phi) is 5.20. The van der Waals surface area contributed by atoms with Crippen molar-refractivity contribution in [1.82, 2.24) is 0 Å². The number of hydrogen-bond donors (Lipinski definition) is 4. The molecule has 0 saturated carbocycles. The standard InChI is InChI=1S/C19H22FN3O4S/c1-12(2)10-19(11-18(24)25)21-16-8-5-14(9-17(16)22-19)23-28(26,27)15-6-3-13(20)4-7-15/h3-9,12,21-23H,10-11H2,1-2H3,(H,24,25). The summed E-state index contributed by atoms with van der Waals surface area (Å²) >= 11 is 0. The zero-order valence-corrected chi connectivity index (χ0v) is 16.3. The highest BCUT2D eigenvalue weighted by Gasteiger charge is 2.39. The Hall–Kier alpha value is -2.81. The highest BCUT2D eigenvalue weighted by molar-refractivity contribution is 7.92. The number of carbonyl (C=O) groups is 1. The minimum Gasteiger partial charge on any atom is -0.481 e. The maximum atomic E-state index is 13.0. The lowest BCUT2D eigenvalue weighted by molar-refractivity contribution is -0.138. The lowest BCUT2D eigenvalue weighted by atomic mass is 9.94. The van der Waals surface area contributed by atoms with Crippen LogP contribution in [0.1, 0.15) is 26.7 Å². The molecule has 0 aliphatic carbocycles. The quantitative estimate of drug-likeness (QED) is 0.558. The predicted molar refractivity (Wildman–Crippen MR) is 105 cm³/mol. The van der Waals surface area contributed by atoms with Gasteiger partial charge in [0.05, 0.1) is 28.4 Å². The summed E-state index contributed by atoms with van der Waals surface area (Å²) in [5.74, 6) is -1.22. The smallest absolute Gasteiger partial charge is 0.307 e. The molecule has 1 aliphatic rings. The molecule has 2 aromatic carbocycles. The van der Waals surface area contributed by atoms with Crippen molar-refractivity contribution in [2.24, 2.45) is 5.92 Å². The summed E-state index contributed by atoms with van der Waals surface area (Å²) in [5.41, 5.74) is 0.789. The molecule has 1 aliphatic heterocycles. The largest absolute Gasteiger partial charge is 0.481 e. The van der Waals surface area contributed by atoms with E-state index >= 15 is 0 Å². The number of fused-ring (bicyclic) bond motifs is 1. The van der Waals surface area contributed by atoms with Gasteiger partial charge in [0.15, 0.2) is 0 Å². The minimum absolute atomic E-state index is 0.0551. The van der Waals surface area contributed by atoms with Gasteiger partial charge in [-0.05, 0) is 54.8 Å². The predicted octanol–water partition coefficient (Wildman–Crippen LogP) is 3.68. The topological polar surface area (TPSA) is 108 Å². The molecule has 1 atom stereocenters. The highest BCUT2D eigenvalue weighted by Crippen LogP contribution is 2.40. The van der Waals surface area contributed by atoms with Crippen molar-refractivity contribution in [2.75, 3.05) is 15.4 Å². The maximum absolute atomic E-state index is 13.0. The van der Waals surface area contributed by atoms with Crippen molar-refractivity contribution in [3.63, 3.8) is 0 Å². The first-order chi connectivity index (χ1) is 13.1. The molecule has 150 valence electrons. The van der Waals surface area contributed by atoms with Crippen LogP contribution in [0.5, 0.6) is 0 Å². The second-order valence-corrected chi connectivity index (χ2v) is 9.00. The summed E-state index contributed by atoms with van der Waals surface area (Å²) in [6, 6.07) is 9.41. The molecule has 28 heavy (non-hydrogen) atoms. The zero-order chi connectivity index (χ0) is 20.5. The maximum Gasteiger partial charge on any atom is 0.307 e. The second kappa shape index (κ2) is 7.31. The van der Waals surface area contributed by atoms with Gasteiger partial charge in [-0.25, -0.2) is 12.8 Å². The Labute approximate surface area is 163 Å². The Morgan fingerprint density at radius 3 is 2.39 bits per heavy atom. The van der Waals surface area contributed by atoms with E-state index in [0.29, 0.717) is 23.5 Å². The number of carboxylic acid groups (broad SMARTS) is 1. The number of rotatable bonds is 7. The normalized spacial score (nSPS) is 18.3. The van der Waals surface area contributed by atoms with Crippen molar-refractivity contribution in [3.05, 3.63) is 48.3 Å². The van der Waals surface area contributed by atoms with E-state index in [1.807, 2.05) is 13.8 Å². The van der Waals surface area contributed by atoms with Crippen LogP contribution in [0.4, 0.5) is 21.5 Å². The molecule has 1 heterocycles. The van der Waals surface area contributed by atoms with Crippen LogP contribution in [0, 0.1) is 11.7 Å². The number of benzene rings is 2. The van der Waals surface area contributed by atoms with E-state index in [1.54, 1.807) is 18.2 Å². The summed E-state index contributed by atoms with van der Waals surface area (Å²) in [4.78, 5) is 11.3. The van der Waals surface area contributed by atoms with E-state index in [0.717, 1.165) is 12.1 Å². The van der Waals surface area contributed by atoms with Crippen LogP contribution in [-0.2, 0) is 14.8 Å². The Balaban J connectivity index is 1.84. The monoisotopic (exact) mass is 407 g/mol. The van der Waals surface area contributed by atoms with Gasteiger partial charge >= 0.3 is 5.97 Å². The first kappa shape index (κ1) is 19.9. The van der Waals surface area contributed by atoms with Gasteiger partial charge in [0.25, 0.3) is 10.0 Å². The minimum atomic E-state index is -3.87. The van der Waals surface area contributed by atoms with Crippen molar-refractivity contribution >= 4 is 33.1 Å². The lowest BCUT2D eigenvalue weighted by Gasteiger charge is -2.31. The molecule has 3 rings (SSSR count). The van der Waals surface area contributed by atoms with Gasteiger partial charge in [0.2, 0.25) is 0 Å². The van der Waals surface area contributed by atoms with E-state index in [4.69, 9.17) is 0 Å². The number of sulfonamides is 1. The number of aliphatic carboxylic acids is 1. The fraction of sp³-hybridized carbons (Fsp3) is 0.316. The Morgan fingerprint density at radius 2 is 1.79 bits per heavy atom. The molecule has 0 spiro atoms. The molecule has 0 aromatic heterocycles. The lowest BCUT2D eigenvalue weighted by Crippen LogP contribution is -2.45. The van der Waals surface area contributed by atoms with Crippen molar-refractivity contribution in [3.8, 4) is 0 Å². The van der Waals surface area contributed by atoms with E-state index in [-0.39, 0.29) is 17.2 Å². The fourth-order valence-electron chi connectivity index (χ4n) is 3.41. The van der Waals surface area contributed by atoms with Gasteiger partial charge in [-0.2, -0.15) is 0 Å². The van der Waals surface area contributed by atoms with Crippen LogP contribution in [-0.4, -0.2) is 25.2 Å². The third-order valence-electron chi connectivity index (χ3n) is 4.35. The fourth-order valence-corrected chi connectivity index (χ4v) is 4.46. The third-order valence-corrected chi connectivity index (χ3v) is 5.75. The molecular weight excluding hydrogens is 385 g/mol. The van der Waals surface area contributed by atoms with Crippen LogP contribution < -0.4 is 15.4 Å². The van der Waals surface area contributed by atoms with Crippen LogP contribution in [0.15, 0.2) is 47.4 Å². The number of anilines is 3. The van der Waals surface area contributed by atoms with E-state index in [2.05, 4.69) is 15.4 Å². The number of carboxylic acids is 1. The summed E-state index contributed by atoms with van der Waals surface area (Å²) in [6.07, 6.45) is 0.446. The van der Waals surface area contributed by atoms with Crippen molar-refractivity contribution in [1.29, 1.82) is 0 Å². The number of hydrogen-bond acceptors (Lipinski definition) is 5. The second-order valence-electron chi connectivity index (χ2n) is 7.32. The Morgan fingerprint density at radius 1 is 1.14 bits per heavy atom.